The Labute approximate surface area is 119 Å². The Hall–Kier alpha value is -2.40. The van der Waals surface area contributed by atoms with Crippen LogP contribution in [0.5, 0.6) is 0 Å². The molecule has 3 nitrogen and oxygen atoms in total. The Bertz CT molecular complexity index is 734. The number of aromatic nitrogens is 1. The molecule has 1 aromatic carbocycles. The van der Waals surface area contributed by atoms with Crippen molar-refractivity contribution in [1.82, 2.24) is 4.57 Å². The Morgan fingerprint density at radius 2 is 1.95 bits per heavy atom. The van der Waals surface area contributed by atoms with Gasteiger partial charge in [-0.05, 0) is 41.8 Å². The van der Waals surface area contributed by atoms with E-state index in [9.17, 15) is 9.18 Å². The monoisotopic (exact) mass is 286 g/mol. The molecule has 20 heavy (non-hydrogen) atoms. The van der Waals surface area contributed by atoms with Gasteiger partial charge in [-0.15, -0.1) is 11.3 Å². The number of nitrogens with zero attached hydrogens (tertiary/aromatic N) is 1. The van der Waals surface area contributed by atoms with E-state index in [-0.39, 0.29) is 11.7 Å². The predicted octanol–water partition coefficient (Wildman–Crippen LogP) is 3.93. The maximum atomic E-state index is 13.1. The highest BCUT2D eigenvalue weighted by atomic mass is 32.1. The highest BCUT2D eigenvalue weighted by Gasteiger charge is 2.14. The van der Waals surface area contributed by atoms with Gasteiger partial charge in [0, 0.05) is 18.1 Å². The van der Waals surface area contributed by atoms with E-state index in [1.807, 2.05) is 40.5 Å². The molecular formula is C15H11FN2OS. The van der Waals surface area contributed by atoms with E-state index < -0.39 is 0 Å². The third-order valence-corrected chi connectivity index (χ3v) is 3.72. The highest BCUT2D eigenvalue weighted by molar-refractivity contribution is 7.12. The second kappa shape index (κ2) is 5.30. The summed E-state index contributed by atoms with van der Waals surface area (Å²) in [6.07, 6.45) is 3.75. The Balaban J connectivity index is 1.87. The molecule has 3 rings (SSSR count). The van der Waals surface area contributed by atoms with Crippen molar-refractivity contribution in [1.29, 1.82) is 0 Å². The minimum absolute atomic E-state index is 0.241. The van der Waals surface area contributed by atoms with Gasteiger partial charge in [-0.3, -0.25) is 4.79 Å². The summed E-state index contributed by atoms with van der Waals surface area (Å²) in [5, 5.41) is 4.56. The first-order valence-corrected chi connectivity index (χ1v) is 6.90. The van der Waals surface area contributed by atoms with Crippen LogP contribution >= 0.6 is 11.3 Å². The van der Waals surface area contributed by atoms with Crippen molar-refractivity contribution < 1.29 is 9.18 Å². The Morgan fingerprint density at radius 1 is 1.15 bits per heavy atom. The summed E-state index contributed by atoms with van der Waals surface area (Å²) in [7, 11) is 0. The van der Waals surface area contributed by atoms with Crippen molar-refractivity contribution >= 4 is 22.9 Å². The van der Waals surface area contributed by atoms with E-state index in [1.165, 1.54) is 23.5 Å². The molecule has 0 saturated heterocycles. The number of rotatable bonds is 3. The minimum atomic E-state index is -0.375. The van der Waals surface area contributed by atoms with E-state index in [4.69, 9.17) is 0 Å². The lowest BCUT2D eigenvalue weighted by Crippen LogP contribution is -2.12. The smallest absolute Gasteiger partial charge is 0.267 e. The first-order chi connectivity index (χ1) is 9.74. The van der Waals surface area contributed by atoms with Crippen LogP contribution in [0.1, 0.15) is 9.67 Å². The average Bonchev–Trinajstić information content (AvgIpc) is 3.09. The van der Waals surface area contributed by atoms with E-state index in [0.717, 1.165) is 5.69 Å². The number of amides is 1. The lowest BCUT2D eigenvalue weighted by molar-refractivity contribution is 0.103. The van der Waals surface area contributed by atoms with E-state index in [2.05, 4.69) is 5.32 Å². The minimum Gasteiger partial charge on any atom is -0.322 e. The van der Waals surface area contributed by atoms with Gasteiger partial charge in [0.1, 0.15) is 10.7 Å². The lowest BCUT2D eigenvalue weighted by Gasteiger charge is -2.07. The third kappa shape index (κ3) is 2.48. The van der Waals surface area contributed by atoms with Gasteiger partial charge in [0.2, 0.25) is 0 Å². The molecule has 2 aromatic heterocycles. The molecule has 0 atom stereocenters. The molecule has 1 N–H and O–H groups in total. The number of carbonyl (C=O) groups excluding carboxylic acids is 1. The maximum absolute atomic E-state index is 13.1. The quantitative estimate of drug-likeness (QED) is 0.777. The van der Waals surface area contributed by atoms with Crippen molar-refractivity contribution in [2.24, 2.45) is 0 Å². The van der Waals surface area contributed by atoms with E-state index >= 15 is 0 Å². The zero-order valence-electron chi connectivity index (χ0n) is 10.4. The number of anilines is 1. The maximum Gasteiger partial charge on any atom is 0.267 e. The molecule has 0 aliphatic rings. The molecule has 0 unspecified atom stereocenters. The van der Waals surface area contributed by atoms with E-state index in [0.29, 0.717) is 10.6 Å². The zero-order chi connectivity index (χ0) is 13.9. The topological polar surface area (TPSA) is 34.0 Å². The van der Waals surface area contributed by atoms with Crippen LogP contribution in [0.25, 0.3) is 5.69 Å². The molecular weight excluding hydrogens is 275 g/mol. The van der Waals surface area contributed by atoms with Crippen LogP contribution in [0, 0.1) is 5.82 Å². The second-order valence-corrected chi connectivity index (χ2v) is 5.11. The van der Waals surface area contributed by atoms with Gasteiger partial charge in [0.05, 0.1) is 5.69 Å². The second-order valence-electron chi connectivity index (χ2n) is 4.19. The Kier molecular flexibility index (Phi) is 3.35. The summed E-state index contributed by atoms with van der Waals surface area (Å²) >= 11 is 1.35. The largest absolute Gasteiger partial charge is 0.322 e. The number of hydrogen-bond acceptors (Lipinski definition) is 2. The van der Waals surface area contributed by atoms with Crippen LogP contribution in [0.15, 0.2) is 60.2 Å². The average molecular weight is 286 g/mol. The molecule has 0 fully saturated rings. The van der Waals surface area contributed by atoms with Gasteiger partial charge in [0.15, 0.2) is 0 Å². The van der Waals surface area contributed by atoms with E-state index in [1.54, 1.807) is 12.1 Å². The molecule has 0 radical (unpaired) electrons. The fraction of sp³-hybridized carbons (Fsp3) is 0. The molecule has 100 valence electrons. The van der Waals surface area contributed by atoms with Gasteiger partial charge in [0.25, 0.3) is 5.91 Å². The summed E-state index contributed by atoms with van der Waals surface area (Å²) in [4.78, 5) is 12.9. The van der Waals surface area contributed by atoms with Gasteiger partial charge in [-0.2, -0.15) is 0 Å². The van der Waals surface area contributed by atoms with Crippen LogP contribution in [-0.2, 0) is 0 Å². The summed E-state index contributed by atoms with van der Waals surface area (Å²) in [6.45, 7) is 0. The molecule has 0 spiro atoms. The fourth-order valence-corrected chi connectivity index (χ4v) is 2.71. The summed E-state index contributed by atoms with van der Waals surface area (Å²) < 4.78 is 15.0. The number of carbonyl (C=O) groups is 1. The first kappa shape index (κ1) is 12.6. The van der Waals surface area contributed by atoms with Crippen LogP contribution in [0.2, 0.25) is 0 Å². The van der Waals surface area contributed by atoms with Crippen LogP contribution < -0.4 is 5.32 Å². The number of nitrogens with one attached hydrogen (secondary N) is 1. The van der Waals surface area contributed by atoms with Crippen molar-refractivity contribution in [2.75, 3.05) is 5.32 Å². The van der Waals surface area contributed by atoms with Crippen molar-refractivity contribution in [2.45, 2.75) is 0 Å². The highest BCUT2D eigenvalue weighted by Crippen LogP contribution is 2.22. The van der Waals surface area contributed by atoms with Crippen LogP contribution in [0.3, 0.4) is 0 Å². The van der Waals surface area contributed by atoms with Crippen LogP contribution in [-0.4, -0.2) is 10.5 Å². The summed E-state index contributed by atoms with van der Waals surface area (Å²) in [5.74, 6) is -0.617. The number of benzene rings is 1. The predicted molar refractivity (Wildman–Crippen MR) is 78.0 cm³/mol. The molecule has 0 bridgehead atoms. The Morgan fingerprint density at radius 3 is 2.70 bits per heavy atom. The molecule has 0 aliphatic heterocycles. The molecule has 1 amide bonds. The molecule has 2 heterocycles. The van der Waals surface area contributed by atoms with Gasteiger partial charge in [-0.25, -0.2) is 4.39 Å². The third-order valence-electron chi connectivity index (χ3n) is 2.82. The molecule has 5 heteroatoms. The van der Waals surface area contributed by atoms with Crippen molar-refractivity contribution in [3.63, 3.8) is 0 Å². The van der Waals surface area contributed by atoms with Gasteiger partial charge < -0.3 is 9.88 Å². The molecule has 3 aromatic rings. The normalized spacial score (nSPS) is 10.4. The van der Waals surface area contributed by atoms with Crippen LogP contribution in [0.4, 0.5) is 10.1 Å². The fourth-order valence-electron chi connectivity index (χ4n) is 1.92. The van der Waals surface area contributed by atoms with Crippen molar-refractivity contribution in [3.8, 4) is 5.69 Å². The zero-order valence-corrected chi connectivity index (χ0v) is 11.2. The summed E-state index contributed by atoms with van der Waals surface area (Å²) in [5.41, 5.74) is 1.26. The summed E-state index contributed by atoms with van der Waals surface area (Å²) in [6, 6.07) is 11.5. The lowest BCUT2D eigenvalue weighted by atomic mass is 10.3. The number of halogens is 1. The number of hydrogen-bond donors (Lipinski definition) is 1. The molecule has 0 saturated carbocycles. The molecule has 0 aliphatic carbocycles. The van der Waals surface area contributed by atoms with Crippen molar-refractivity contribution in [3.05, 3.63) is 70.9 Å². The first-order valence-electron chi connectivity index (χ1n) is 6.02. The van der Waals surface area contributed by atoms with Gasteiger partial charge >= 0.3 is 0 Å². The SMILES string of the molecule is O=C(Nc1cccc(F)c1)c1sccc1-n1cccc1. The van der Waals surface area contributed by atoms with Gasteiger partial charge in [-0.1, -0.05) is 6.07 Å². The standard InChI is InChI=1S/C15H11FN2OS/c16-11-4-3-5-12(10-11)17-15(19)14-13(6-9-20-14)18-7-1-2-8-18/h1-10H,(H,17,19). The number of thiophene rings is 1.